The average Bonchev–Trinajstić information content (AvgIpc) is 3.26. The maximum Gasteiger partial charge on any atom is 0.417 e. The number of amides is 3. The molecule has 3 rings (SSSR count). The molecular formula is C19H22F3N4O5S+. The number of nitrogens with zero attached hydrogens (tertiary/aromatic N) is 1. The Bertz CT molecular complexity index is 1050. The summed E-state index contributed by atoms with van der Waals surface area (Å²) in [5.74, 6) is -0.0432. The van der Waals surface area contributed by atoms with Crippen LogP contribution in [0.25, 0.3) is 0 Å². The summed E-state index contributed by atoms with van der Waals surface area (Å²) in [6.45, 7) is 0.323. The lowest BCUT2D eigenvalue weighted by molar-refractivity contribution is -0.895. The number of rotatable bonds is 6. The van der Waals surface area contributed by atoms with Crippen LogP contribution in [0.3, 0.4) is 0 Å². The second-order valence-electron chi connectivity index (χ2n) is 7.13. The van der Waals surface area contributed by atoms with E-state index in [2.05, 4.69) is 10.6 Å². The highest BCUT2D eigenvalue weighted by atomic mass is 32.2. The van der Waals surface area contributed by atoms with E-state index in [-0.39, 0.29) is 39.3 Å². The van der Waals surface area contributed by atoms with Gasteiger partial charge in [0.05, 0.1) is 49.4 Å². The molecule has 13 heteroatoms. The quantitative estimate of drug-likeness (QED) is 0.553. The van der Waals surface area contributed by atoms with Gasteiger partial charge in [-0.3, -0.25) is 10.1 Å². The van der Waals surface area contributed by atoms with Crippen molar-refractivity contribution < 1.29 is 40.5 Å². The van der Waals surface area contributed by atoms with Gasteiger partial charge >= 0.3 is 12.2 Å². The standard InChI is InChI=1S/C19H21F3N4O5S/c20-19(21,22)15-5-1-2-6-16(15)32(29,30)26-9-7-25(8-10-26)13-17(27)24-18(28)23-12-14-4-3-11-31-14/h1-6,11H,7-10,12-13H2,(H2,23,24,27,28)/p+1. The van der Waals surface area contributed by atoms with Gasteiger partial charge in [-0.2, -0.15) is 17.5 Å². The topological polar surface area (TPSA) is 113 Å². The van der Waals surface area contributed by atoms with Gasteiger partial charge in [-0.05, 0) is 24.3 Å². The van der Waals surface area contributed by atoms with E-state index in [1.165, 1.54) is 12.3 Å². The molecule has 1 saturated heterocycles. The first-order valence-corrected chi connectivity index (χ1v) is 11.1. The van der Waals surface area contributed by atoms with Gasteiger partial charge in [0, 0.05) is 0 Å². The van der Waals surface area contributed by atoms with E-state index in [9.17, 15) is 31.2 Å². The van der Waals surface area contributed by atoms with Crippen molar-refractivity contribution in [3.8, 4) is 0 Å². The van der Waals surface area contributed by atoms with Gasteiger partial charge in [-0.15, -0.1) is 0 Å². The number of nitrogens with one attached hydrogen (secondary N) is 3. The summed E-state index contributed by atoms with van der Waals surface area (Å²) in [7, 11) is -4.35. The molecular weight excluding hydrogens is 453 g/mol. The molecule has 0 aliphatic carbocycles. The van der Waals surface area contributed by atoms with Crippen LogP contribution in [0.5, 0.6) is 0 Å². The minimum Gasteiger partial charge on any atom is -0.467 e. The van der Waals surface area contributed by atoms with Crippen LogP contribution >= 0.6 is 0 Å². The molecule has 0 spiro atoms. The van der Waals surface area contributed by atoms with Crippen molar-refractivity contribution in [1.29, 1.82) is 0 Å². The number of benzene rings is 1. The smallest absolute Gasteiger partial charge is 0.417 e. The molecule has 9 nitrogen and oxygen atoms in total. The van der Waals surface area contributed by atoms with Gasteiger partial charge in [-0.25, -0.2) is 13.2 Å². The summed E-state index contributed by atoms with van der Waals surface area (Å²) in [6, 6.07) is 6.66. The molecule has 0 radical (unpaired) electrons. The molecule has 1 aliphatic rings. The summed E-state index contributed by atoms with van der Waals surface area (Å²) in [5.41, 5.74) is -1.21. The molecule has 1 fully saturated rings. The molecule has 0 unspecified atom stereocenters. The Hall–Kier alpha value is -2.90. The number of urea groups is 1. The Morgan fingerprint density at radius 2 is 1.78 bits per heavy atom. The highest BCUT2D eigenvalue weighted by molar-refractivity contribution is 7.89. The number of hydrogen-bond donors (Lipinski definition) is 3. The number of alkyl halides is 3. The van der Waals surface area contributed by atoms with E-state index in [0.29, 0.717) is 10.7 Å². The van der Waals surface area contributed by atoms with E-state index < -0.39 is 38.6 Å². The molecule has 1 aromatic heterocycles. The van der Waals surface area contributed by atoms with Gasteiger partial charge in [0.1, 0.15) is 5.76 Å². The summed E-state index contributed by atoms with van der Waals surface area (Å²) in [6.07, 6.45) is -3.35. The molecule has 3 N–H and O–H groups in total. The molecule has 174 valence electrons. The lowest BCUT2D eigenvalue weighted by atomic mass is 10.2. The fourth-order valence-corrected chi connectivity index (χ4v) is 4.96. The van der Waals surface area contributed by atoms with Crippen LogP contribution in [0.2, 0.25) is 0 Å². The summed E-state index contributed by atoms with van der Waals surface area (Å²) in [5, 5.41) is 4.64. The third-order valence-electron chi connectivity index (χ3n) is 4.91. The van der Waals surface area contributed by atoms with Crippen molar-refractivity contribution in [2.75, 3.05) is 32.7 Å². The second-order valence-corrected chi connectivity index (χ2v) is 9.04. The third kappa shape index (κ3) is 5.87. The fourth-order valence-electron chi connectivity index (χ4n) is 3.31. The van der Waals surface area contributed by atoms with Crippen molar-refractivity contribution in [3.63, 3.8) is 0 Å². The van der Waals surface area contributed by atoms with Gasteiger partial charge in [0.15, 0.2) is 6.54 Å². The van der Waals surface area contributed by atoms with Crippen molar-refractivity contribution >= 4 is 22.0 Å². The first kappa shape index (κ1) is 23.8. The van der Waals surface area contributed by atoms with Gasteiger partial charge in [0.2, 0.25) is 10.0 Å². The Balaban J connectivity index is 1.51. The number of carbonyl (C=O) groups excluding carboxylic acids is 2. The second kappa shape index (κ2) is 9.71. The molecule has 2 heterocycles. The lowest BCUT2D eigenvalue weighted by Gasteiger charge is -2.31. The lowest BCUT2D eigenvalue weighted by Crippen LogP contribution is -3.15. The van der Waals surface area contributed by atoms with Crippen LogP contribution in [-0.4, -0.2) is 57.4 Å². The van der Waals surface area contributed by atoms with Crippen LogP contribution in [0, 0.1) is 0 Å². The molecule has 1 aromatic carbocycles. The molecule has 0 saturated carbocycles. The van der Waals surface area contributed by atoms with Crippen molar-refractivity contribution in [2.24, 2.45) is 0 Å². The average molecular weight is 475 g/mol. The van der Waals surface area contributed by atoms with Crippen LogP contribution in [-0.2, 0) is 27.5 Å². The Kier molecular flexibility index (Phi) is 7.21. The van der Waals surface area contributed by atoms with Crippen molar-refractivity contribution in [3.05, 3.63) is 54.0 Å². The Labute approximate surface area is 182 Å². The number of imide groups is 1. The predicted octanol–water partition coefficient (Wildman–Crippen LogP) is 0.214. The zero-order valence-electron chi connectivity index (χ0n) is 16.8. The van der Waals surface area contributed by atoms with Crippen LogP contribution in [0.4, 0.5) is 18.0 Å². The summed E-state index contributed by atoms with van der Waals surface area (Å²) >= 11 is 0. The fraction of sp³-hybridized carbons (Fsp3) is 0.368. The van der Waals surface area contributed by atoms with E-state index >= 15 is 0 Å². The molecule has 1 aliphatic heterocycles. The highest BCUT2D eigenvalue weighted by Gasteiger charge is 2.40. The number of sulfonamides is 1. The number of piperazine rings is 1. The van der Waals surface area contributed by atoms with Crippen LogP contribution in [0.1, 0.15) is 11.3 Å². The van der Waals surface area contributed by atoms with E-state index in [1.54, 1.807) is 12.1 Å². The highest BCUT2D eigenvalue weighted by Crippen LogP contribution is 2.35. The van der Waals surface area contributed by atoms with E-state index in [1.807, 2.05) is 0 Å². The summed E-state index contributed by atoms with van der Waals surface area (Å²) < 4.78 is 71.3. The minimum absolute atomic E-state index is 0.0537. The number of furan rings is 1. The minimum atomic E-state index is -4.80. The number of quaternary nitrogens is 1. The van der Waals surface area contributed by atoms with Crippen LogP contribution in [0.15, 0.2) is 52.0 Å². The molecule has 32 heavy (non-hydrogen) atoms. The third-order valence-corrected chi connectivity index (χ3v) is 6.86. The normalized spacial score (nSPS) is 16.0. The number of halogens is 3. The number of hydrogen-bond acceptors (Lipinski definition) is 5. The SMILES string of the molecule is O=C(C[NH+]1CCN(S(=O)(=O)c2ccccc2C(F)(F)F)CC1)NC(=O)NCc1ccco1. The largest absolute Gasteiger partial charge is 0.467 e. The molecule has 0 atom stereocenters. The maximum absolute atomic E-state index is 13.2. The maximum atomic E-state index is 13.2. The predicted molar refractivity (Wildman–Crippen MR) is 105 cm³/mol. The molecule has 0 bridgehead atoms. The Morgan fingerprint density at radius 3 is 2.41 bits per heavy atom. The van der Waals surface area contributed by atoms with Crippen molar-refractivity contribution in [1.82, 2.24) is 14.9 Å². The molecule has 2 aromatic rings. The van der Waals surface area contributed by atoms with Crippen molar-refractivity contribution in [2.45, 2.75) is 17.6 Å². The zero-order valence-corrected chi connectivity index (χ0v) is 17.6. The van der Waals surface area contributed by atoms with E-state index in [0.717, 1.165) is 22.5 Å². The Morgan fingerprint density at radius 1 is 1.09 bits per heavy atom. The summed E-state index contributed by atoms with van der Waals surface area (Å²) in [4.78, 5) is 23.8. The van der Waals surface area contributed by atoms with E-state index in [4.69, 9.17) is 4.42 Å². The zero-order chi connectivity index (χ0) is 23.4. The van der Waals surface area contributed by atoms with Gasteiger partial charge in [-0.1, -0.05) is 12.1 Å². The number of carbonyl (C=O) groups is 2. The first-order chi connectivity index (χ1) is 15.1. The van der Waals surface area contributed by atoms with Gasteiger partial charge < -0.3 is 14.6 Å². The van der Waals surface area contributed by atoms with Crippen LogP contribution < -0.4 is 15.5 Å². The molecule has 3 amide bonds. The van der Waals surface area contributed by atoms with Gasteiger partial charge in [0.25, 0.3) is 5.91 Å². The first-order valence-electron chi connectivity index (χ1n) is 9.67. The monoisotopic (exact) mass is 475 g/mol.